The van der Waals surface area contributed by atoms with Crippen LogP contribution >= 0.6 is 11.3 Å². The Morgan fingerprint density at radius 3 is 2.47 bits per heavy atom. The normalized spacial score (nSPS) is 12.3. The maximum absolute atomic E-state index is 4.50. The molecule has 0 spiro atoms. The van der Waals surface area contributed by atoms with E-state index >= 15 is 0 Å². The maximum Gasteiger partial charge on any atom is 0.0900 e. The number of hydrogen-bond acceptors (Lipinski definition) is 4. The molecule has 0 saturated heterocycles. The Labute approximate surface area is 119 Å². The van der Waals surface area contributed by atoms with Crippen molar-refractivity contribution in [2.24, 2.45) is 0 Å². The average molecular weight is 275 g/mol. The van der Waals surface area contributed by atoms with Crippen LogP contribution in [0.3, 0.4) is 0 Å². The summed E-state index contributed by atoms with van der Waals surface area (Å²) in [6.45, 7) is 6.32. The highest BCUT2D eigenvalue weighted by Crippen LogP contribution is 2.31. The lowest BCUT2D eigenvalue weighted by Crippen LogP contribution is -2.13. The SMILES string of the molecule is Cc1nc(C)c(C(C)Nc2ccccc2N(C)C)s1. The van der Waals surface area contributed by atoms with Gasteiger partial charge in [0.25, 0.3) is 0 Å². The lowest BCUT2D eigenvalue weighted by Gasteiger charge is -2.21. The van der Waals surface area contributed by atoms with E-state index in [1.165, 1.54) is 10.6 Å². The predicted molar refractivity (Wildman–Crippen MR) is 84.4 cm³/mol. The summed E-state index contributed by atoms with van der Waals surface area (Å²) in [7, 11) is 4.13. The van der Waals surface area contributed by atoms with Gasteiger partial charge in [-0.15, -0.1) is 11.3 Å². The number of para-hydroxylation sites is 2. The van der Waals surface area contributed by atoms with E-state index in [1.807, 2.05) is 0 Å². The molecule has 0 fully saturated rings. The second kappa shape index (κ2) is 5.61. The summed E-state index contributed by atoms with van der Waals surface area (Å²) in [5.74, 6) is 0. The van der Waals surface area contributed by atoms with Crippen molar-refractivity contribution in [3.63, 3.8) is 0 Å². The first-order chi connectivity index (χ1) is 8.99. The van der Waals surface area contributed by atoms with Crippen LogP contribution in [0.15, 0.2) is 24.3 Å². The molecular weight excluding hydrogens is 254 g/mol. The molecule has 1 N–H and O–H groups in total. The predicted octanol–water partition coefficient (Wildman–Crippen LogP) is 4.00. The van der Waals surface area contributed by atoms with Crippen LogP contribution in [0.2, 0.25) is 0 Å². The highest BCUT2D eigenvalue weighted by molar-refractivity contribution is 7.11. The fourth-order valence-electron chi connectivity index (χ4n) is 2.23. The molecular formula is C15H21N3S. The van der Waals surface area contributed by atoms with Gasteiger partial charge in [0.1, 0.15) is 0 Å². The Hall–Kier alpha value is -1.55. The van der Waals surface area contributed by atoms with Crippen LogP contribution in [0, 0.1) is 13.8 Å². The van der Waals surface area contributed by atoms with Crippen LogP contribution in [-0.4, -0.2) is 19.1 Å². The van der Waals surface area contributed by atoms with Crippen LogP contribution in [0.1, 0.15) is 28.5 Å². The molecule has 19 heavy (non-hydrogen) atoms. The molecule has 0 bridgehead atoms. The van der Waals surface area contributed by atoms with Crippen molar-refractivity contribution in [2.45, 2.75) is 26.8 Å². The van der Waals surface area contributed by atoms with Gasteiger partial charge < -0.3 is 10.2 Å². The first kappa shape index (κ1) is 13.9. The Balaban J connectivity index is 2.24. The molecule has 1 aromatic heterocycles. The van der Waals surface area contributed by atoms with Crippen LogP contribution in [0.4, 0.5) is 11.4 Å². The van der Waals surface area contributed by atoms with E-state index in [4.69, 9.17) is 0 Å². The molecule has 4 heteroatoms. The van der Waals surface area contributed by atoms with E-state index in [0.717, 1.165) is 16.4 Å². The zero-order valence-corrected chi connectivity index (χ0v) is 13.0. The second-order valence-electron chi connectivity index (χ2n) is 4.96. The zero-order chi connectivity index (χ0) is 14.0. The fraction of sp³-hybridized carbons (Fsp3) is 0.400. The van der Waals surface area contributed by atoms with Crippen molar-refractivity contribution in [1.82, 2.24) is 4.98 Å². The number of rotatable bonds is 4. The van der Waals surface area contributed by atoms with Gasteiger partial charge in [0.2, 0.25) is 0 Å². The molecule has 0 aliphatic carbocycles. The number of aryl methyl sites for hydroxylation is 2. The summed E-state index contributed by atoms with van der Waals surface area (Å²) in [5.41, 5.74) is 3.49. The quantitative estimate of drug-likeness (QED) is 0.914. The molecule has 0 aliphatic rings. The van der Waals surface area contributed by atoms with E-state index in [9.17, 15) is 0 Å². The molecule has 1 aromatic carbocycles. The van der Waals surface area contributed by atoms with E-state index in [1.54, 1.807) is 11.3 Å². The van der Waals surface area contributed by atoms with Crippen molar-refractivity contribution >= 4 is 22.7 Å². The first-order valence-electron chi connectivity index (χ1n) is 6.46. The third-order valence-electron chi connectivity index (χ3n) is 3.09. The minimum atomic E-state index is 0.271. The van der Waals surface area contributed by atoms with Crippen molar-refractivity contribution in [3.05, 3.63) is 39.8 Å². The van der Waals surface area contributed by atoms with Gasteiger partial charge in [-0.25, -0.2) is 4.98 Å². The van der Waals surface area contributed by atoms with Gasteiger partial charge in [0, 0.05) is 19.0 Å². The van der Waals surface area contributed by atoms with Crippen molar-refractivity contribution in [3.8, 4) is 0 Å². The minimum Gasteiger partial charge on any atom is -0.376 e. The van der Waals surface area contributed by atoms with Gasteiger partial charge in [-0.2, -0.15) is 0 Å². The summed E-state index contributed by atoms with van der Waals surface area (Å²) < 4.78 is 0. The Bertz CT molecular complexity index is 560. The molecule has 1 atom stereocenters. The van der Waals surface area contributed by atoms with E-state index in [-0.39, 0.29) is 6.04 Å². The monoisotopic (exact) mass is 275 g/mol. The molecule has 1 heterocycles. The first-order valence-corrected chi connectivity index (χ1v) is 7.27. The van der Waals surface area contributed by atoms with Crippen LogP contribution in [-0.2, 0) is 0 Å². The summed E-state index contributed by atoms with van der Waals surface area (Å²) in [6, 6.07) is 8.64. The van der Waals surface area contributed by atoms with Crippen LogP contribution < -0.4 is 10.2 Å². The summed E-state index contributed by atoms with van der Waals surface area (Å²) in [6.07, 6.45) is 0. The van der Waals surface area contributed by atoms with Gasteiger partial charge in [0.05, 0.1) is 28.1 Å². The summed E-state index contributed by atoms with van der Waals surface area (Å²) in [4.78, 5) is 7.94. The molecule has 0 amide bonds. The van der Waals surface area contributed by atoms with Crippen molar-refractivity contribution < 1.29 is 0 Å². The lowest BCUT2D eigenvalue weighted by molar-refractivity contribution is 0.888. The Morgan fingerprint density at radius 2 is 1.89 bits per heavy atom. The van der Waals surface area contributed by atoms with Gasteiger partial charge in [-0.1, -0.05) is 12.1 Å². The van der Waals surface area contributed by atoms with E-state index in [0.29, 0.717) is 0 Å². The van der Waals surface area contributed by atoms with Crippen molar-refractivity contribution in [2.75, 3.05) is 24.3 Å². The number of hydrogen-bond donors (Lipinski definition) is 1. The average Bonchev–Trinajstić information content (AvgIpc) is 2.69. The summed E-state index contributed by atoms with van der Waals surface area (Å²) in [5, 5.41) is 4.72. The largest absolute Gasteiger partial charge is 0.376 e. The minimum absolute atomic E-state index is 0.271. The molecule has 1 unspecified atom stereocenters. The summed E-state index contributed by atoms with van der Waals surface area (Å²) >= 11 is 1.77. The number of anilines is 2. The molecule has 2 rings (SSSR count). The fourth-order valence-corrected chi connectivity index (χ4v) is 3.16. The van der Waals surface area contributed by atoms with Gasteiger partial charge in [0.15, 0.2) is 0 Å². The van der Waals surface area contributed by atoms with Crippen LogP contribution in [0.5, 0.6) is 0 Å². The third-order valence-corrected chi connectivity index (χ3v) is 4.35. The van der Waals surface area contributed by atoms with E-state index in [2.05, 4.69) is 74.3 Å². The molecule has 0 aliphatic heterocycles. The van der Waals surface area contributed by atoms with Gasteiger partial charge in [-0.3, -0.25) is 0 Å². The van der Waals surface area contributed by atoms with Gasteiger partial charge in [-0.05, 0) is 32.9 Å². The maximum atomic E-state index is 4.50. The van der Waals surface area contributed by atoms with Crippen molar-refractivity contribution in [1.29, 1.82) is 0 Å². The number of aromatic nitrogens is 1. The number of nitrogens with zero attached hydrogens (tertiary/aromatic N) is 2. The number of benzene rings is 1. The third kappa shape index (κ3) is 3.07. The number of nitrogens with one attached hydrogen (secondary N) is 1. The van der Waals surface area contributed by atoms with Gasteiger partial charge >= 0.3 is 0 Å². The lowest BCUT2D eigenvalue weighted by atomic mass is 10.2. The zero-order valence-electron chi connectivity index (χ0n) is 12.2. The molecule has 3 nitrogen and oxygen atoms in total. The van der Waals surface area contributed by atoms with E-state index < -0.39 is 0 Å². The highest BCUT2D eigenvalue weighted by atomic mass is 32.1. The topological polar surface area (TPSA) is 28.2 Å². The number of thiazole rings is 1. The molecule has 0 saturated carbocycles. The molecule has 0 radical (unpaired) electrons. The highest BCUT2D eigenvalue weighted by Gasteiger charge is 2.14. The Morgan fingerprint density at radius 1 is 1.21 bits per heavy atom. The Kier molecular flexibility index (Phi) is 4.10. The molecule has 102 valence electrons. The second-order valence-corrected chi connectivity index (χ2v) is 6.19. The molecule has 2 aromatic rings. The van der Waals surface area contributed by atoms with Crippen LogP contribution in [0.25, 0.3) is 0 Å². The standard InChI is InChI=1S/C15H21N3S/c1-10-15(19-12(3)16-10)11(2)17-13-8-6-7-9-14(13)18(4)5/h6-9,11,17H,1-5H3. The smallest absolute Gasteiger partial charge is 0.0900 e.